The van der Waals surface area contributed by atoms with E-state index in [-0.39, 0.29) is 17.2 Å². The number of hydrogen-bond acceptors (Lipinski definition) is 2. The van der Waals surface area contributed by atoms with Gasteiger partial charge in [-0.2, -0.15) is 0 Å². The Morgan fingerprint density at radius 2 is 1.75 bits per heavy atom. The molecule has 0 N–H and O–H groups in total. The van der Waals surface area contributed by atoms with Crippen molar-refractivity contribution in [1.82, 2.24) is 0 Å². The number of halogens is 2. The first-order chi connectivity index (χ1) is 11.3. The third kappa shape index (κ3) is 2.96. The molecule has 0 fully saturated rings. The van der Waals surface area contributed by atoms with Gasteiger partial charge in [0.25, 0.3) is 0 Å². The maximum Gasteiger partial charge on any atom is 0.134 e. The van der Waals surface area contributed by atoms with Crippen LogP contribution in [0.4, 0.5) is 20.2 Å². The third-order valence-electron chi connectivity index (χ3n) is 4.51. The summed E-state index contributed by atoms with van der Waals surface area (Å²) in [5.41, 5.74) is 3.82. The fraction of sp³-hybridized carbons (Fsp3) is 0.250. The number of hydrogen-bond donors (Lipinski definition) is 0. The van der Waals surface area contributed by atoms with Gasteiger partial charge < -0.3 is 4.90 Å². The summed E-state index contributed by atoms with van der Waals surface area (Å²) in [6, 6.07) is 9.15. The Labute approximate surface area is 141 Å². The van der Waals surface area contributed by atoms with Crippen LogP contribution in [0.5, 0.6) is 0 Å². The van der Waals surface area contributed by atoms with Gasteiger partial charge in [-0.25, -0.2) is 8.78 Å². The van der Waals surface area contributed by atoms with E-state index < -0.39 is 0 Å². The van der Waals surface area contributed by atoms with Crippen LogP contribution in [0.25, 0.3) is 5.57 Å². The highest BCUT2D eigenvalue weighted by atomic mass is 19.1. The second kappa shape index (κ2) is 5.86. The van der Waals surface area contributed by atoms with Crippen molar-refractivity contribution in [3.8, 4) is 0 Å². The number of rotatable bonds is 2. The van der Waals surface area contributed by atoms with Crippen LogP contribution in [0, 0.1) is 11.6 Å². The first kappa shape index (κ1) is 16.4. The van der Waals surface area contributed by atoms with Gasteiger partial charge in [-0.1, -0.05) is 6.08 Å². The van der Waals surface area contributed by atoms with Crippen molar-refractivity contribution in [2.24, 2.45) is 4.99 Å². The number of fused-ring (bicyclic) bond motifs is 1. The number of likely N-dealkylation sites (N-methyl/N-ethyl adjacent to an activating group) is 1. The van der Waals surface area contributed by atoms with E-state index >= 15 is 0 Å². The summed E-state index contributed by atoms with van der Waals surface area (Å²) in [5.74, 6) is -0.641. The molecule has 0 aliphatic carbocycles. The Morgan fingerprint density at radius 1 is 1.08 bits per heavy atom. The van der Waals surface area contributed by atoms with Gasteiger partial charge in [0, 0.05) is 30.1 Å². The molecule has 1 aliphatic heterocycles. The lowest BCUT2D eigenvalue weighted by Gasteiger charge is -2.40. The molecule has 124 valence electrons. The van der Waals surface area contributed by atoms with Crippen molar-refractivity contribution in [3.05, 3.63) is 65.2 Å². The highest BCUT2D eigenvalue weighted by Crippen LogP contribution is 2.38. The molecule has 2 nitrogen and oxygen atoms in total. The monoisotopic (exact) mass is 326 g/mol. The Morgan fingerprint density at radius 3 is 2.42 bits per heavy atom. The van der Waals surface area contributed by atoms with E-state index in [2.05, 4.69) is 29.8 Å². The molecule has 2 aromatic rings. The molecule has 0 unspecified atom stereocenters. The van der Waals surface area contributed by atoms with E-state index in [9.17, 15) is 8.78 Å². The van der Waals surface area contributed by atoms with Crippen molar-refractivity contribution in [1.29, 1.82) is 0 Å². The molecule has 0 saturated heterocycles. The van der Waals surface area contributed by atoms with Gasteiger partial charge in [0.2, 0.25) is 0 Å². The summed E-state index contributed by atoms with van der Waals surface area (Å²) in [6.07, 6.45) is 3.66. The van der Waals surface area contributed by atoms with E-state index in [0.29, 0.717) is 11.3 Å². The Kier molecular flexibility index (Phi) is 3.99. The fourth-order valence-electron chi connectivity index (χ4n) is 2.96. The van der Waals surface area contributed by atoms with E-state index in [1.54, 1.807) is 18.2 Å². The molecule has 0 amide bonds. The minimum absolute atomic E-state index is 0.159. The minimum atomic E-state index is -0.322. The number of aliphatic imine (C=N–C) groups is 1. The Bertz CT molecular complexity index is 833. The summed E-state index contributed by atoms with van der Waals surface area (Å²) >= 11 is 0. The van der Waals surface area contributed by atoms with Crippen molar-refractivity contribution in [2.45, 2.75) is 26.3 Å². The van der Waals surface area contributed by atoms with Crippen molar-refractivity contribution in [2.75, 3.05) is 11.9 Å². The van der Waals surface area contributed by atoms with Crippen LogP contribution in [-0.2, 0) is 0 Å². The minimum Gasteiger partial charge on any atom is -0.365 e. The highest BCUT2D eigenvalue weighted by molar-refractivity contribution is 5.89. The van der Waals surface area contributed by atoms with Crippen LogP contribution in [0.1, 0.15) is 31.9 Å². The second-order valence-corrected chi connectivity index (χ2v) is 6.67. The predicted molar refractivity (Wildman–Crippen MR) is 96.2 cm³/mol. The lowest BCUT2D eigenvalue weighted by molar-refractivity contribution is 0.589. The third-order valence-corrected chi connectivity index (χ3v) is 4.51. The molecule has 0 spiro atoms. The molecule has 0 radical (unpaired) electrons. The molecule has 24 heavy (non-hydrogen) atoms. The van der Waals surface area contributed by atoms with Gasteiger partial charge in [0.15, 0.2) is 0 Å². The molecule has 0 atom stereocenters. The van der Waals surface area contributed by atoms with E-state index in [1.165, 1.54) is 18.3 Å². The molecule has 4 heteroatoms. The molecule has 1 heterocycles. The first-order valence-corrected chi connectivity index (χ1v) is 7.85. The molecule has 0 bridgehead atoms. The van der Waals surface area contributed by atoms with Crippen LogP contribution < -0.4 is 4.90 Å². The lowest BCUT2D eigenvalue weighted by atomic mass is 9.88. The topological polar surface area (TPSA) is 15.6 Å². The Hall–Kier alpha value is -2.49. The van der Waals surface area contributed by atoms with Gasteiger partial charge in [0.1, 0.15) is 11.6 Å². The predicted octanol–water partition coefficient (Wildman–Crippen LogP) is 5.35. The quantitative estimate of drug-likeness (QED) is 0.680. The largest absolute Gasteiger partial charge is 0.365 e. The molecular formula is C20H20F2N2. The van der Waals surface area contributed by atoms with Gasteiger partial charge in [-0.05, 0) is 62.7 Å². The van der Waals surface area contributed by atoms with Crippen LogP contribution in [-0.4, -0.2) is 18.8 Å². The summed E-state index contributed by atoms with van der Waals surface area (Å²) in [4.78, 5) is 6.30. The summed E-state index contributed by atoms with van der Waals surface area (Å²) < 4.78 is 27.4. The van der Waals surface area contributed by atoms with Crippen molar-refractivity contribution < 1.29 is 8.78 Å². The van der Waals surface area contributed by atoms with Crippen LogP contribution in [0.2, 0.25) is 0 Å². The van der Waals surface area contributed by atoms with Gasteiger partial charge in [0.05, 0.1) is 11.2 Å². The van der Waals surface area contributed by atoms with Gasteiger partial charge in [-0.15, -0.1) is 0 Å². The second-order valence-electron chi connectivity index (χ2n) is 6.67. The Balaban J connectivity index is 2.00. The molecule has 1 aliphatic rings. The van der Waals surface area contributed by atoms with Gasteiger partial charge >= 0.3 is 0 Å². The van der Waals surface area contributed by atoms with Crippen LogP contribution >= 0.6 is 0 Å². The average Bonchev–Trinajstić information content (AvgIpc) is 2.52. The van der Waals surface area contributed by atoms with Crippen molar-refractivity contribution >= 4 is 23.2 Å². The van der Waals surface area contributed by atoms with Gasteiger partial charge in [-0.3, -0.25) is 4.99 Å². The molecule has 0 saturated carbocycles. The number of anilines is 1. The fourth-order valence-corrected chi connectivity index (χ4v) is 2.96. The normalized spacial score (nSPS) is 16.2. The lowest BCUT2D eigenvalue weighted by Crippen LogP contribution is -2.42. The van der Waals surface area contributed by atoms with E-state index in [1.807, 2.05) is 20.0 Å². The SMILES string of the molecule is CC1=CC(C)(C)N(C)c2cc(F)c(C=Nc3ccc(F)cc3)cc21. The zero-order chi connectivity index (χ0) is 17.5. The van der Waals surface area contributed by atoms with Crippen molar-refractivity contribution in [3.63, 3.8) is 0 Å². The number of allylic oxidation sites excluding steroid dienone is 1. The smallest absolute Gasteiger partial charge is 0.134 e. The summed E-state index contributed by atoms with van der Waals surface area (Å²) in [7, 11) is 1.97. The van der Waals surface area contributed by atoms with Crippen LogP contribution in [0.3, 0.4) is 0 Å². The average molecular weight is 326 g/mol. The summed E-state index contributed by atoms with van der Waals surface area (Å²) in [5, 5.41) is 0. The standard InChI is InChI=1S/C20H20F2N2/c1-13-11-20(2,3)24(4)19-10-18(22)14(9-17(13)19)12-23-16-7-5-15(21)6-8-16/h5-12H,1-4H3. The summed E-state index contributed by atoms with van der Waals surface area (Å²) in [6.45, 7) is 6.23. The number of nitrogens with zero attached hydrogens (tertiary/aromatic N) is 2. The first-order valence-electron chi connectivity index (χ1n) is 7.85. The van der Waals surface area contributed by atoms with E-state index in [0.717, 1.165) is 16.8 Å². The molecule has 0 aromatic heterocycles. The maximum absolute atomic E-state index is 14.5. The maximum atomic E-state index is 14.5. The number of benzene rings is 2. The molecular weight excluding hydrogens is 306 g/mol. The zero-order valence-electron chi connectivity index (χ0n) is 14.3. The zero-order valence-corrected chi connectivity index (χ0v) is 14.3. The van der Waals surface area contributed by atoms with Crippen LogP contribution in [0.15, 0.2) is 47.5 Å². The highest BCUT2D eigenvalue weighted by Gasteiger charge is 2.29. The molecule has 2 aromatic carbocycles. The molecule has 3 rings (SSSR count). The van der Waals surface area contributed by atoms with E-state index in [4.69, 9.17) is 0 Å².